The molecular weight excluding hydrogens is 351 g/mol. The third-order valence-electron chi connectivity index (χ3n) is 3.39. The molecule has 0 spiro atoms. The van der Waals surface area contributed by atoms with Crippen molar-refractivity contribution >= 4 is 10.8 Å². The molecule has 0 saturated heterocycles. The molecule has 1 atom stereocenters. The lowest BCUT2D eigenvalue weighted by atomic mass is 10.2. The van der Waals surface area contributed by atoms with Crippen LogP contribution in [0.3, 0.4) is 0 Å². The van der Waals surface area contributed by atoms with Crippen molar-refractivity contribution in [3.05, 3.63) is 59.9 Å². The standard InChI is InChI=1S/C18H16F3NO2S/c19-15-6-8-17(9-7-15)25(23)18(20,21)10-1-2-11-24-16-5-3-4-14(12-16)13-22/h3-9,12H,1-2,10-11H2. The summed E-state index contributed by atoms with van der Waals surface area (Å²) in [6, 6.07) is 12.8. The van der Waals surface area contributed by atoms with Crippen LogP contribution in [-0.2, 0) is 10.8 Å². The fraction of sp³-hybridized carbons (Fsp3) is 0.278. The molecule has 0 radical (unpaired) electrons. The van der Waals surface area contributed by atoms with Gasteiger partial charge in [-0.15, -0.1) is 0 Å². The summed E-state index contributed by atoms with van der Waals surface area (Å²) in [4.78, 5) is -0.101. The number of halogens is 3. The Morgan fingerprint density at radius 1 is 1.12 bits per heavy atom. The summed E-state index contributed by atoms with van der Waals surface area (Å²) in [6.07, 6.45) is -0.0799. The summed E-state index contributed by atoms with van der Waals surface area (Å²) in [5.74, 6) is -0.0672. The minimum absolute atomic E-state index is 0.101. The van der Waals surface area contributed by atoms with Gasteiger partial charge in [-0.05, 0) is 55.3 Å². The van der Waals surface area contributed by atoms with Crippen LogP contribution in [0.1, 0.15) is 24.8 Å². The smallest absolute Gasteiger partial charge is 0.325 e. The molecule has 2 aromatic rings. The van der Waals surface area contributed by atoms with Crippen LogP contribution < -0.4 is 4.74 Å². The topological polar surface area (TPSA) is 50.1 Å². The molecule has 0 aliphatic rings. The van der Waals surface area contributed by atoms with E-state index in [0.29, 0.717) is 17.7 Å². The first kappa shape index (κ1) is 19.0. The van der Waals surface area contributed by atoms with Gasteiger partial charge in [-0.3, -0.25) is 0 Å². The highest BCUT2D eigenvalue weighted by Gasteiger charge is 2.37. The SMILES string of the molecule is N#Cc1cccc(OCCCCC(F)(F)S(=O)c2ccc(F)cc2)c1. The van der Waals surface area contributed by atoms with Crippen molar-refractivity contribution in [2.24, 2.45) is 0 Å². The zero-order valence-electron chi connectivity index (χ0n) is 13.3. The number of hydrogen-bond donors (Lipinski definition) is 0. The number of hydrogen-bond acceptors (Lipinski definition) is 3. The summed E-state index contributed by atoms with van der Waals surface area (Å²) in [5.41, 5.74) is 0.457. The molecule has 25 heavy (non-hydrogen) atoms. The van der Waals surface area contributed by atoms with E-state index in [1.54, 1.807) is 24.3 Å². The van der Waals surface area contributed by atoms with Crippen molar-refractivity contribution < 1.29 is 22.1 Å². The van der Waals surface area contributed by atoms with Gasteiger partial charge in [0.25, 0.3) is 0 Å². The minimum atomic E-state index is -3.39. The average molecular weight is 367 g/mol. The van der Waals surface area contributed by atoms with Crippen LogP contribution in [0, 0.1) is 17.1 Å². The van der Waals surface area contributed by atoms with E-state index >= 15 is 0 Å². The second-order valence-corrected chi connectivity index (χ2v) is 6.91. The van der Waals surface area contributed by atoms with Crippen LogP contribution in [-0.4, -0.2) is 16.1 Å². The highest BCUT2D eigenvalue weighted by Crippen LogP contribution is 2.30. The Kier molecular flexibility index (Phi) is 6.59. The molecule has 1 unspecified atom stereocenters. The van der Waals surface area contributed by atoms with Gasteiger partial charge < -0.3 is 4.74 Å². The fourth-order valence-corrected chi connectivity index (χ4v) is 3.16. The average Bonchev–Trinajstić information content (AvgIpc) is 2.61. The van der Waals surface area contributed by atoms with E-state index in [9.17, 15) is 17.4 Å². The second kappa shape index (κ2) is 8.67. The lowest BCUT2D eigenvalue weighted by Crippen LogP contribution is -2.23. The monoisotopic (exact) mass is 367 g/mol. The summed E-state index contributed by atoms with van der Waals surface area (Å²) < 4.78 is 58.1. The number of ether oxygens (including phenoxy) is 1. The molecule has 2 aromatic carbocycles. The molecule has 132 valence electrons. The van der Waals surface area contributed by atoms with E-state index in [1.807, 2.05) is 6.07 Å². The summed E-state index contributed by atoms with van der Waals surface area (Å²) in [6.45, 7) is 0.216. The van der Waals surface area contributed by atoms with Gasteiger partial charge in [0, 0.05) is 11.3 Å². The highest BCUT2D eigenvalue weighted by atomic mass is 32.2. The summed E-state index contributed by atoms with van der Waals surface area (Å²) >= 11 is 0. The van der Waals surface area contributed by atoms with Crippen molar-refractivity contribution in [3.8, 4) is 11.8 Å². The first-order chi connectivity index (χ1) is 11.9. The van der Waals surface area contributed by atoms with Crippen molar-refractivity contribution in [1.82, 2.24) is 0 Å². The summed E-state index contributed by atoms with van der Waals surface area (Å²) in [5, 5.41) is 5.39. The Balaban J connectivity index is 1.78. The van der Waals surface area contributed by atoms with Crippen LogP contribution >= 0.6 is 0 Å². The highest BCUT2D eigenvalue weighted by molar-refractivity contribution is 7.86. The molecule has 0 aliphatic carbocycles. The Morgan fingerprint density at radius 3 is 2.52 bits per heavy atom. The first-order valence-corrected chi connectivity index (χ1v) is 8.75. The maximum Gasteiger partial charge on any atom is 0.325 e. The lowest BCUT2D eigenvalue weighted by Gasteiger charge is -2.16. The van der Waals surface area contributed by atoms with Crippen LogP contribution in [0.2, 0.25) is 0 Å². The fourth-order valence-electron chi connectivity index (χ4n) is 2.10. The van der Waals surface area contributed by atoms with Crippen molar-refractivity contribution in [1.29, 1.82) is 5.26 Å². The number of nitrogens with zero attached hydrogens (tertiary/aromatic N) is 1. The minimum Gasteiger partial charge on any atom is -0.494 e. The van der Waals surface area contributed by atoms with E-state index < -0.39 is 28.3 Å². The van der Waals surface area contributed by atoms with Crippen molar-refractivity contribution in [2.45, 2.75) is 29.4 Å². The molecule has 2 rings (SSSR count). The van der Waals surface area contributed by atoms with Crippen LogP contribution in [0.4, 0.5) is 13.2 Å². The van der Waals surface area contributed by atoms with E-state index in [-0.39, 0.29) is 17.9 Å². The zero-order valence-corrected chi connectivity index (χ0v) is 14.1. The van der Waals surface area contributed by atoms with Crippen LogP contribution in [0.25, 0.3) is 0 Å². The normalized spacial score (nSPS) is 12.4. The van der Waals surface area contributed by atoms with Gasteiger partial charge >= 0.3 is 5.25 Å². The Bertz CT molecular complexity index is 773. The number of rotatable bonds is 8. The molecule has 0 N–H and O–H groups in total. The molecule has 0 bridgehead atoms. The van der Waals surface area contributed by atoms with Crippen molar-refractivity contribution in [3.63, 3.8) is 0 Å². The number of nitriles is 1. The lowest BCUT2D eigenvalue weighted by molar-refractivity contribution is 0.0841. The maximum absolute atomic E-state index is 14.0. The molecule has 0 amide bonds. The Morgan fingerprint density at radius 2 is 1.84 bits per heavy atom. The molecule has 0 saturated carbocycles. The largest absolute Gasteiger partial charge is 0.494 e. The Hall–Kier alpha value is -2.33. The quantitative estimate of drug-likeness (QED) is 0.638. The molecule has 7 heteroatoms. The molecule has 0 aliphatic heterocycles. The van der Waals surface area contributed by atoms with Crippen molar-refractivity contribution in [2.75, 3.05) is 6.61 Å². The maximum atomic E-state index is 14.0. The predicted molar refractivity (Wildman–Crippen MR) is 88.3 cm³/mol. The third kappa shape index (κ3) is 5.61. The molecule has 0 aromatic heterocycles. The zero-order chi connectivity index (χ0) is 18.3. The molecule has 0 fully saturated rings. The third-order valence-corrected chi connectivity index (χ3v) is 4.84. The number of alkyl halides is 2. The van der Waals surface area contributed by atoms with E-state index in [2.05, 4.69) is 0 Å². The molecular formula is C18H16F3NO2S. The van der Waals surface area contributed by atoms with Gasteiger partial charge in [-0.25, -0.2) is 8.60 Å². The van der Waals surface area contributed by atoms with Crippen LogP contribution in [0.5, 0.6) is 5.75 Å². The first-order valence-electron chi connectivity index (χ1n) is 7.60. The van der Waals surface area contributed by atoms with Gasteiger partial charge in [-0.2, -0.15) is 14.0 Å². The van der Waals surface area contributed by atoms with Gasteiger partial charge in [0.05, 0.1) is 18.2 Å². The predicted octanol–water partition coefficient (Wildman–Crippen LogP) is 4.65. The van der Waals surface area contributed by atoms with E-state index in [4.69, 9.17) is 10.00 Å². The number of benzene rings is 2. The van der Waals surface area contributed by atoms with E-state index in [1.165, 1.54) is 0 Å². The Labute approximate surface area is 146 Å². The molecule has 0 heterocycles. The second-order valence-electron chi connectivity index (χ2n) is 5.31. The van der Waals surface area contributed by atoms with Gasteiger partial charge in [-0.1, -0.05) is 6.07 Å². The van der Waals surface area contributed by atoms with Crippen LogP contribution in [0.15, 0.2) is 53.4 Å². The number of unbranched alkanes of at least 4 members (excludes halogenated alkanes) is 1. The summed E-state index contributed by atoms with van der Waals surface area (Å²) in [7, 11) is -2.52. The van der Waals surface area contributed by atoms with Gasteiger partial charge in [0.1, 0.15) is 22.4 Å². The van der Waals surface area contributed by atoms with Gasteiger partial charge in [0.2, 0.25) is 0 Å². The van der Waals surface area contributed by atoms with E-state index in [0.717, 1.165) is 24.3 Å². The van der Waals surface area contributed by atoms with Gasteiger partial charge in [0.15, 0.2) is 0 Å². The molecule has 3 nitrogen and oxygen atoms in total.